The van der Waals surface area contributed by atoms with Crippen LogP contribution < -0.4 is 15.5 Å². The Morgan fingerprint density at radius 1 is 1.00 bits per heavy atom. The van der Waals surface area contributed by atoms with Crippen LogP contribution in [-0.4, -0.2) is 35.5 Å². The zero-order valence-electron chi connectivity index (χ0n) is 17.2. The van der Waals surface area contributed by atoms with E-state index in [0.29, 0.717) is 17.0 Å². The van der Waals surface area contributed by atoms with Crippen molar-refractivity contribution in [3.8, 4) is 5.75 Å². The van der Waals surface area contributed by atoms with Crippen molar-refractivity contribution >= 4 is 28.5 Å². The number of rotatable bonds is 9. The van der Waals surface area contributed by atoms with Crippen LogP contribution in [0.15, 0.2) is 78.9 Å². The van der Waals surface area contributed by atoms with Crippen LogP contribution in [0.5, 0.6) is 5.75 Å². The number of ether oxygens (including phenoxy) is 2. The highest BCUT2D eigenvalue weighted by molar-refractivity contribution is 6.00. The molecular formula is C24H24N2O6. The van der Waals surface area contributed by atoms with Crippen molar-refractivity contribution in [2.75, 3.05) is 18.5 Å². The SMILES string of the molecule is O=C(/C=C/C[C@H](OC(=O)Nc1cccc2ccccc12)c1ccccc1OCCO)NO. The summed E-state index contributed by atoms with van der Waals surface area (Å²) in [6.45, 7) is -0.0906. The Balaban J connectivity index is 1.82. The second kappa shape index (κ2) is 11.5. The van der Waals surface area contributed by atoms with Crippen LogP contribution in [-0.2, 0) is 9.53 Å². The molecule has 3 aromatic carbocycles. The number of aliphatic hydroxyl groups is 1. The van der Waals surface area contributed by atoms with E-state index in [1.54, 1.807) is 30.3 Å². The molecule has 3 aromatic rings. The summed E-state index contributed by atoms with van der Waals surface area (Å²) in [5.74, 6) is -0.252. The molecule has 1 atom stereocenters. The highest BCUT2D eigenvalue weighted by Gasteiger charge is 2.20. The molecule has 0 aromatic heterocycles. The number of hydrogen-bond donors (Lipinski definition) is 4. The standard InChI is InChI=1S/C24H24N2O6/c27-15-16-31-21-12-4-3-10-19(21)22(13-6-14-23(28)26-30)32-24(29)25-20-11-5-8-17-7-1-2-9-18(17)20/h1-12,14,22,27,30H,13,15-16H2,(H,25,29)(H,26,28)/b14-6+/t22-/m0/s1. The molecule has 0 fully saturated rings. The predicted molar refractivity (Wildman–Crippen MR) is 120 cm³/mol. The summed E-state index contributed by atoms with van der Waals surface area (Å²) in [5, 5.41) is 22.4. The van der Waals surface area contributed by atoms with Gasteiger partial charge in [0.25, 0.3) is 5.91 Å². The Bertz CT molecular complexity index is 1090. The van der Waals surface area contributed by atoms with E-state index in [2.05, 4.69) is 5.32 Å². The number of anilines is 1. The Kier molecular flexibility index (Phi) is 8.19. The molecule has 0 heterocycles. The first-order valence-corrected chi connectivity index (χ1v) is 10.0. The smallest absolute Gasteiger partial charge is 0.412 e. The van der Waals surface area contributed by atoms with E-state index in [4.69, 9.17) is 19.8 Å². The summed E-state index contributed by atoms with van der Waals surface area (Å²) in [7, 11) is 0. The van der Waals surface area contributed by atoms with E-state index in [9.17, 15) is 9.59 Å². The average Bonchev–Trinajstić information content (AvgIpc) is 2.82. The molecule has 0 spiro atoms. The van der Waals surface area contributed by atoms with Gasteiger partial charge in [0, 0.05) is 23.4 Å². The molecule has 4 N–H and O–H groups in total. The molecule has 0 aliphatic rings. The Morgan fingerprint density at radius 3 is 2.56 bits per heavy atom. The number of benzene rings is 3. The summed E-state index contributed by atoms with van der Waals surface area (Å²) in [6, 6.07) is 20.2. The third-order valence-electron chi connectivity index (χ3n) is 4.62. The van der Waals surface area contributed by atoms with E-state index in [1.165, 1.54) is 11.6 Å². The van der Waals surface area contributed by atoms with Gasteiger partial charge in [0.05, 0.1) is 12.3 Å². The predicted octanol–water partition coefficient (Wildman–Crippen LogP) is 3.95. The second-order valence-corrected chi connectivity index (χ2v) is 6.77. The van der Waals surface area contributed by atoms with E-state index >= 15 is 0 Å². The minimum atomic E-state index is -0.789. The quantitative estimate of drug-likeness (QED) is 0.229. The number of amides is 2. The molecule has 0 bridgehead atoms. The highest BCUT2D eigenvalue weighted by Crippen LogP contribution is 2.31. The van der Waals surface area contributed by atoms with Crippen molar-refractivity contribution in [3.05, 3.63) is 84.4 Å². The molecule has 0 aliphatic carbocycles. The zero-order valence-corrected chi connectivity index (χ0v) is 17.2. The molecule has 0 aliphatic heterocycles. The van der Waals surface area contributed by atoms with Gasteiger partial charge in [-0.05, 0) is 17.5 Å². The van der Waals surface area contributed by atoms with Crippen molar-refractivity contribution in [2.24, 2.45) is 0 Å². The lowest BCUT2D eigenvalue weighted by atomic mass is 10.0. The number of fused-ring (bicyclic) bond motifs is 1. The van der Waals surface area contributed by atoms with Crippen LogP contribution in [0.2, 0.25) is 0 Å². The van der Waals surface area contributed by atoms with Gasteiger partial charge in [0.2, 0.25) is 0 Å². The number of carbonyl (C=O) groups is 2. The topological polar surface area (TPSA) is 117 Å². The maximum atomic E-state index is 12.8. The lowest BCUT2D eigenvalue weighted by Crippen LogP contribution is -2.19. The van der Waals surface area contributed by atoms with Gasteiger partial charge in [0.1, 0.15) is 18.5 Å². The zero-order chi connectivity index (χ0) is 22.8. The number of hydroxylamine groups is 1. The summed E-state index contributed by atoms with van der Waals surface area (Å²) in [6.07, 6.45) is 1.29. The van der Waals surface area contributed by atoms with Crippen molar-refractivity contribution in [1.82, 2.24) is 5.48 Å². The van der Waals surface area contributed by atoms with Crippen molar-refractivity contribution in [2.45, 2.75) is 12.5 Å². The summed E-state index contributed by atoms with van der Waals surface area (Å²) in [5.41, 5.74) is 2.69. The molecule has 2 amide bonds. The van der Waals surface area contributed by atoms with Crippen molar-refractivity contribution in [3.63, 3.8) is 0 Å². The van der Waals surface area contributed by atoms with Gasteiger partial charge in [0.15, 0.2) is 0 Å². The van der Waals surface area contributed by atoms with Crippen LogP contribution in [0.4, 0.5) is 10.5 Å². The fourth-order valence-electron chi connectivity index (χ4n) is 3.21. The molecule has 8 heteroatoms. The van der Waals surface area contributed by atoms with E-state index in [1.807, 2.05) is 36.4 Å². The molecule has 3 rings (SSSR count). The highest BCUT2D eigenvalue weighted by atomic mass is 16.6. The monoisotopic (exact) mass is 436 g/mol. The Labute approximate surface area is 185 Å². The van der Waals surface area contributed by atoms with Crippen LogP contribution in [0.1, 0.15) is 18.1 Å². The normalized spacial score (nSPS) is 11.8. The van der Waals surface area contributed by atoms with Crippen LogP contribution in [0.25, 0.3) is 10.8 Å². The van der Waals surface area contributed by atoms with Gasteiger partial charge < -0.3 is 14.6 Å². The maximum absolute atomic E-state index is 12.8. The molecule has 8 nitrogen and oxygen atoms in total. The third-order valence-corrected chi connectivity index (χ3v) is 4.62. The van der Waals surface area contributed by atoms with Crippen LogP contribution >= 0.6 is 0 Å². The first kappa shape index (κ1) is 22.8. The largest absolute Gasteiger partial charge is 0.491 e. The Hall–Kier alpha value is -3.88. The number of para-hydroxylation sites is 1. The fraction of sp³-hybridized carbons (Fsp3) is 0.167. The number of aliphatic hydroxyl groups excluding tert-OH is 1. The first-order chi connectivity index (χ1) is 15.6. The van der Waals surface area contributed by atoms with E-state index in [-0.39, 0.29) is 19.6 Å². The average molecular weight is 436 g/mol. The molecule has 0 saturated heterocycles. The summed E-state index contributed by atoms with van der Waals surface area (Å²) in [4.78, 5) is 24.1. The number of hydrogen-bond acceptors (Lipinski definition) is 6. The van der Waals surface area contributed by atoms with Crippen molar-refractivity contribution in [1.29, 1.82) is 0 Å². The lowest BCUT2D eigenvalue weighted by Gasteiger charge is -2.20. The van der Waals surface area contributed by atoms with Gasteiger partial charge >= 0.3 is 6.09 Å². The minimum absolute atomic E-state index is 0.0781. The molecule has 0 saturated carbocycles. The number of nitrogens with one attached hydrogen (secondary N) is 2. The molecule has 32 heavy (non-hydrogen) atoms. The molecule has 0 unspecified atom stereocenters. The van der Waals surface area contributed by atoms with Crippen LogP contribution in [0, 0.1) is 0 Å². The van der Waals surface area contributed by atoms with E-state index < -0.39 is 18.1 Å². The molecular weight excluding hydrogens is 412 g/mol. The van der Waals surface area contributed by atoms with Gasteiger partial charge in [-0.2, -0.15) is 0 Å². The third kappa shape index (κ3) is 6.07. The molecule has 166 valence electrons. The van der Waals surface area contributed by atoms with Gasteiger partial charge in [-0.15, -0.1) is 0 Å². The summed E-state index contributed by atoms with van der Waals surface area (Å²) >= 11 is 0. The second-order valence-electron chi connectivity index (χ2n) is 6.77. The number of carbonyl (C=O) groups excluding carboxylic acids is 2. The fourth-order valence-corrected chi connectivity index (χ4v) is 3.21. The van der Waals surface area contributed by atoms with Gasteiger partial charge in [-0.25, -0.2) is 10.3 Å². The minimum Gasteiger partial charge on any atom is -0.491 e. The van der Waals surface area contributed by atoms with Gasteiger partial charge in [-0.1, -0.05) is 60.7 Å². The first-order valence-electron chi connectivity index (χ1n) is 10.0. The van der Waals surface area contributed by atoms with E-state index in [0.717, 1.165) is 16.8 Å². The Morgan fingerprint density at radius 2 is 1.75 bits per heavy atom. The maximum Gasteiger partial charge on any atom is 0.412 e. The lowest BCUT2D eigenvalue weighted by molar-refractivity contribution is -0.124. The van der Waals surface area contributed by atoms with Crippen LogP contribution in [0.3, 0.4) is 0 Å². The van der Waals surface area contributed by atoms with Gasteiger partial charge in [-0.3, -0.25) is 15.3 Å². The van der Waals surface area contributed by atoms with Crippen molar-refractivity contribution < 1.29 is 29.4 Å². The molecule has 0 radical (unpaired) electrons. The summed E-state index contributed by atoms with van der Waals surface area (Å²) < 4.78 is 11.3.